The first-order chi connectivity index (χ1) is 9.94. The molecule has 0 saturated heterocycles. The molecule has 3 rings (SSSR count). The molecule has 4 N–H and O–H groups in total. The van der Waals surface area contributed by atoms with Gasteiger partial charge in [0, 0.05) is 11.4 Å². The molecule has 6 heteroatoms. The SMILES string of the molecule is Cc1cc(F)c(Br)cc1Nc1cc2c(cc1N)CC(=O)N2. The molecule has 0 radical (unpaired) electrons. The lowest BCUT2D eigenvalue weighted by Crippen LogP contribution is -2.03. The van der Waals surface area contributed by atoms with Gasteiger partial charge in [-0.1, -0.05) is 0 Å². The molecule has 0 bridgehead atoms. The van der Waals surface area contributed by atoms with Crippen LogP contribution < -0.4 is 16.4 Å². The van der Waals surface area contributed by atoms with Crippen LogP contribution in [0.5, 0.6) is 0 Å². The van der Waals surface area contributed by atoms with Crippen molar-refractivity contribution >= 4 is 44.6 Å². The van der Waals surface area contributed by atoms with Crippen LogP contribution in [-0.4, -0.2) is 5.91 Å². The van der Waals surface area contributed by atoms with Gasteiger partial charge in [-0.15, -0.1) is 0 Å². The Labute approximate surface area is 129 Å². The number of nitrogens with two attached hydrogens (primary N) is 1. The fourth-order valence-corrected chi connectivity index (χ4v) is 2.67. The fourth-order valence-electron chi connectivity index (χ4n) is 2.33. The number of fused-ring (bicyclic) bond motifs is 1. The van der Waals surface area contributed by atoms with Crippen molar-refractivity contribution in [2.24, 2.45) is 0 Å². The first-order valence-electron chi connectivity index (χ1n) is 6.39. The Morgan fingerprint density at radius 1 is 1.29 bits per heavy atom. The maximum absolute atomic E-state index is 13.5. The Hall–Kier alpha value is -2.08. The molecule has 0 unspecified atom stereocenters. The van der Waals surface area contributed by atoms with E-state index in [1.54, 1.807) is 18.2 Å². The second kappa shape index (κ2) is 5.04. The van der Waals surface area contributed by atoms with Gasteiger partial charge in [0.2, 0.25) is 5.91 Å². The number of hydrogen-bond donors (Lipinski definition) is 3. The van der Waals surface area contributed by atoms with Crippen LogP contribution in [-0.2, 0) is 11.2 Å². The van der Waals surface area contributed by atoms with Crippen molar-refractivity contribution < 1.29 is 9.18 Å². The van der Waals surface area contributed by atoms with E-state index in [0.717, 1.165) is 22.5 Å². The minimum Gasteiger partial charge on any atom is -0.397 e. The van der Waals surface area contributed by atoms with E-state index in [0.29, 0.717) is 22.3 Å². The number of anilines is 4. The van der Waals surface area contributed by atoms with Crippen LogP contribution in [0.4, 0.5) is 27.1 Å². The molecule has 1 aliphatic rings. The molecule has 0 fully saturated rings. The van der Waals surface area contributed by atoms with Crippen LogP contribution in [0.3, 0.4) is 0 Å². The Morgan fingerprint density at radius 3 is 2.81 bits per heavy atom. The summed E-state index contributed by atoms with van der Waals surface area (Å²) in [5, 5.41) is 5.96. The molecule has 1 heterocycles. The zero-order chi connectivity index (χ0) is 15.1. The van der Waals surface area contributed by atoms with Crippen molar-refractivity contribution in [2.45, 2.75) is 13.3 Å². The predicted octanol–water partition coefficient (Wildman–Crippen LogP) is 3.72. The average Bonchev–Trinajstić information content (AvgIpc) is 2.75. The molecule has 0 aliphatic carbocycles. The molecule has 4 nitrogen and oxygen atoms in total. The number of aryl methyl sites for hydroxylation is 1. The summed E-state index contributed by atoms with van der Waals surface area (Å²) in [4.78, 5) is 11.4. The number of halogens is 2. The maximum atomic E-state index is 13.5. The second-order valence-electron chi connectivity index (χ2n) is 5.03. The number of carbonyl (C=O) groups excluding carboxylic acids is 1. The molecule has 1 aliphatic heterocycles. The highest BCUT2D eigenvalue weighted by molar-refractivity contribution is 9.10. The van der Waals surface area contributed by atoms with E-state index in [2.05, 4.69) is 26.6 Å². The van der Waals surface area contributed by atoms with Gasteiger partial charge in [-0.2, -0.15) is 0 Å². The van der Waals surface area contributed by atoms with Gasteiger partial charge < -0.3 is 16.4 Å². The van der Waals surface area contributed by atoms with E-state index in [-0.39, 0.29) is 11.7 Å². The summed E-state index contributed by atoms with van der Waals surface area (Å²) in [5.74, 6) is -0.352. The van der Waals surface area contributed by atoms with Crippen molar-refractivity contribution in [1.82, 2.24) is 0 Å². The van der Waals surface area contributed by atoms with E-state index in [4.69, 9.17) is 5.73 Å². The minimum absolute atomic E-state index is 0.0396. The smallest absolute Gasteiger partial charge is 0.228 e. The van der Waals surface area contributed by atoms with Crippen LogP contribution in [0.25, 0.3) is 0 Å². The number of benzene rings is 2. The van der Waals surface area contributed by atoms with E-state index in [1.165, 1.54) is 6.07 Å². The summed E-state index contributed by atoms with van der Waals surface area (Å²) >= 11 is 3.17. The predicted molar refractivity (Wildman–Crippen MR) is 85.3 cm³/mol. The van der Waals surface area contributed by atoms with Gasteiger partial charge in [-0.25, -0.2) is 4.39 Å². The maximum Gasteiger partial charge on any atom is 0.228 e. The van der Waals surface area contributed by atoms with Gasteiger partial charge in [-0.3, -0.25) is 4.79 Å². The molecule has 0 saturated carbocycles. The standard InChI is InChI=1S/C15H13BrFN3O/c1-7-2-10(17)9(16)5-12(7)19-14-6-13-8(3-11(14)18)4-15(21)20-13/h2-3,5-6,19H,4,18H2,1H3,(H,20,21). The molecule has 2 aromatic carbocycles. The highest BCUT2D eigenvalue weighted by Gasteiger charge is 2.19. The third-order valence-corrected chi connectivity index (χ3v) is 4.04. The second-order valence-corrected chi connectivity index (χ2v) is 5.88. The molecule has 108 valence electrons. The minimum atomic E-state index is -0.313. The largest absolute Gasteiger partial charge is 0.397 e. The van der Waals surface area contributed by atoms with E-state index >= 15 is 0 Å². The van der Waals surface area contributed by atoms with Crippen LogP contribution in [0, 0.1) is 12.7 Å². The van der Waals surface area contributed by atoms with Gasteiger partial charge in [0.25, 0.3) is 0 Å². The third kappa shape index (κ3) is 2.58. The zero-order valence-electron chi connectivity index (χ0n) is 11.3. The average molecular weight is 350 g/mol. The van der Waals surface area contributed by atoms with Gasteiger partial charge in [0.15, 0.2) is 0 Å². The summed E-state index contributed by atoms with van der Waals surface area (Å²) in [7, 11) is 0. The van der Waals surface area contributed by atoms with Crippen molar-refractivity contribution in [3.8, 4) is 0 Å². The normalized spacial score (nSPS) is 13.0. The third-order valence-electron chi connectivity index (χ3n) is 3.44. The number of hydrogen-bond acceptors (Lipinski definition) is 3. The Bertz CT molecular complexity index is 761. The number of rotatable bonds is 2. The van der Waals surface area contributed by atoms with Gasteiger partial charge in [0.05, 0.1) is 22.3 Å². The number of amides is 1. The molecule has 0 atom stereocenters. The van der Waals surface area contributed by atoms with Crippen LogP contribution in [0.15, 0.2) is 28.7 Å². The quantitative estimate of drug-likeness (QED) is 0.724. The summed E-state index contributed by atoms with van der Waals surface area (Å²) < 4.78 is 13.8. The van der Waals surface area contributed by atoms with Gasteiger partial charge in [0.1, 0.15) is 5.82 Å². The lowest BCUT2D eigenvalue weighted by molar-refractivity contribution is -0.115. The van der Waals surface area contributed by atoms with Crippen molar-refractivity contribution in [2.75, 3.05) is 16.4 Å². The lowest BCUT2D eigenvalue weighted by atomic mass is 10.1. The molecule has 1 amide bonds. The molecule has 0 spiro atoms. The molecule has 21 heavy (non-hydrogen) atoms. The molecular formula is C15H13BrFN3O. The summed E-state index contributed by atoms with van der Waals surface area (Å²) in [6, 6.07) is 6.68. The Morgan fingerprint density at radius 2 is 2.05 bits per heavy atom. The summed E-state index contributed by atoms with van der Waals surface area (Å²) in [5.41, 5.74) is 10.4. The summed E-state index contributed by atoms with van der Waals surface area (Å²) in [6.45, 7) is 1.81. The molecule has 0 aromatic heterocycles. The summed E-state index contributed by atoms with van der Waals surface area (Å²) in [6.07, 6.45) is 0.348. The highest BCUT2D eigenvalue weighted by Crippen LogP contribution is 2.34. The van der Waals surface area contributed by atoms with E-state index < -0.39 is 0 Å². The fraction of sp³-hybridized carbons (Fsp3) is 0.133. The van der Waals surface area contributed by atoms with Crippen LogP contribution in [0.2, 0.25) is 0 Å². The molecule has 2 aromatic rings. The zero-order valence-corrected chi connectivity index (χ0v) is 12.8. The van der Waals surface area contributed by atoms with E-state index in [9.17, 15) is 9.18 Å². The van der Waals surface area contributed by atoms with E-state index in [1.807, 2.05) is 6.92 Å². The van der Waals surface area contributed by atoms with Crippen molar-refractivity contribution in [3.05, 3.63) is 45.7 Å². The monoisotopic (exact) mass is 349 g/mol. The molecular weight excluding hydrogens is 337 g/mol. The number of nitrogens with one attached hydrogen (secondary N) is 2. The number of carbonyl (C=O) groups is 1. The van der Waals surface area contributed by atoms with Crippen LogP contribution in [0.1, 0.15) is 11.1 Å². The lowest BCUT2D eigenvalue weighted by Gasteiger charge is -2.14. The Kier molecular flexibility index (Phi) is 3.33. The van der Waals surface area contributed by atoms with Crippen LogP contribution >= 0.6 is 15.9 Å². The first-order valence-corrected chi connectivity index (χ1v) is 7.18. The first kappa shape index (κ1) is 13.9. The Balaban J connectivity index is 1.98. The van der Waals surface area contributed by atoms with Gasteiger partial charge >= 0.3 is 0 Å². The van der Waals surface area contributed by atoms with Gasteiger partial charge in [-0.05, 0) is 58.2 Å². The topological polar surface area (TPSA) is 67.1 Å². The van der Waals surface area contributed by atoms with Crippen molar-refractivity contribution in [3.63, 3.8) is 0 Å². The van der Waals surface area contributed by atoms with Crippen molar-refractivity contribution in [1.29, 1.82) is 0 Å². The highest BCUT2D eigenvalue weighted by atomic mass is 79.9. The number of nitrogen functional groups attached to an aromatic ring is 1.